The van der Waals surface area contributed by atoms with Crippen molar-refractivity contribution in [3.63, 3.8) is 0 Å². The van der Waals surface area contributed by atoms with E-state index in [9.17, 15) is 0 Å². The van der Waals surface area contributed by atoms with Crippen LogP contribution in [0.3, 0.4) is 0 Å². The number of rotatable bonds is 4. The van der Waals surface area contributed by atoms with Gasteiger partial charge in [0.2, 0.25) is 0 Å². The van der Waals surface area contributed by atoms with Gasteiger partial charge in [-0.25, -0.2) is 9.97 Å². The van der Waals surface area contributed by atoms with Gasteiger partial charge in [0.25, 0.3) is 0 Å². The first-order valence-electron chi connectivity index (χ1n) is 6.07. The van der Waals surface area contributed by atoms with Crippen LogP contribution >= 0.6 is 0 Å². The molecule has 1 N–H and O–H groups in total. The van der Waals surface area contributed by atoms with Crippen LogP contribution in [-0.4, -0.2) is 15.0 Å². The molecule has 0 aliphatic heterocycles. The summed E-state index contributed by atoms with van der Waals surface area (Å²) in [5, 5.41) is 12.2. The van der Waals surface area contributed by atoms with Crippen molar-refractivity contribution in [1.29, 1.82) is 5.26 Å². The van der Waals surface area contributed by atoms with Crippen LogP contribution in [0.4, 0.5) is 0 Å². The molecule has 2 aromatic heterocycles. The summed E-state index contributed by atoms with van der Waals surface area (Å²) in [6.07, 6.45) is 3.45. The maximum Gasteiger partial charge on any atom is 0.144 e. The van der Waals surface area contributed by atoms with Gasteiger partial charge in [0.05, 0.1) is 23.0 Å². The minimum Gasteiger partial charge on any atom is -0.302 e. The fourth-order valence-corrected chi connectivity index (χ4v) is 1.71. The molecule has 1 atom stereocenters. The fourth-order valence-electron chi connectivity index (χ4n) is 1.71. The molecule has 0 aliphatic rings. The van der Waals surface area contributed by atoms with Crippen LogP contribution in [0.15, 0.2) is 30.6 Å². The second kappa shape index (κ2) is 6.57. The molecule has 0 saturated heterocycles. The third-order valence-corrected chi connectivity index (χ3v) is 2.83. The molecular formula is C14H15LrN5. The van der Waals surface area contributed by atoms with Crippen LogP contribution in [0.5, 0.6) is 0 Å². The summed E-state index contributed by atoms with van der Waals surface area (Å²) in [6.45, 7) is 4.46. The normalized spacial score (nSPS) is 11.2. The molecule has 0 saturated carbocycles. The Morgan fingerprint density at radius 1 is 1.30 bits per heavy atom. The van der Waals surface area contributed by atoms with E-state index in [4.69, 9.17) is 5.26 Å². The van der Waals surface area contributed by atoms with E-state index in [1.54, 1.807) is 24.5 Å². The minimum atomic E-state index is 0. The van der Waals surface area contributed by atoms with Gasteiger partial charge in [-0.05, 0) is 32.0 Å². The first-order valence-corrected chi connectivity index (χ1v) is 6.07. The third-order valence-electron chi connectivity index (χ3n) is 2.83. The second-order valence-electron chi connectivity index (χ2n) is 4.26. The average molecular weight is 515 g/mol. The van der Waals surface area contributed by atoms with E-state index < -0.39 is 0 Å². The van der Waals surface area contributed by atoms with Gasteiger partial charge >= 0.3 is 0 Å². The number of nitrogens with one attached hydrogen (secondary N) is 1. The fraction of sp³-hybridized carbons (Fsp3) is 0.286. The Labute approximate surface area is 112 Å². The van der Waals surface area contributed by atoms with E-state index in [1.165, 1.54) is 0 Å². The summed E-state index contributed by atoms with van der Waals surface area (Å²) in [5.74, 6) is 0.757. The van der Waals surface area contributed by atoms with Crippen LogP contribution in [0, 0.1) is 18.3 Å². The average Bonchev–Trinajstić information content (AvgIpc) is 2.46. The van der Waals surface area contributed by atoms with Crippen molar-refractivity contribution in [2.24, 2.45) is 0 Å². The topological polar surface area (TPSA) is 74.5 Å². The van der Waals surface area contributed by atoms with E-state index in [0.717, 1.165) is 17.2 Å². The molecule has 1 radical (unpaired) electrons. The van der Waals surface area contributed by atoms with Crippen molar-refractivity contribution < 1.29 is 0 Å². The maximum absolute atomic E-state index is 8.85. The molecule has 0 bridgehead atoms. The molecule has 2 rings (SSSR count). The first kappa shape index (κ1) is 14.7. The van der Waals surface area contributed by atoms with Crippen molar-refractivity contribution in [2.45, 2.75) is 26.4 Å². The summed E-state index contributed by atoms with van der Waals surface area (Å²) < 4.78 is 0. The van der Waals surface area contributed by atoms with Gasteiger partial charge in [-0.2, -0.15) is 5.26 Å². The third kappa shape index (κ3) is 3.34. The number of aryl methyl sites for hydroxylation is 1. The molecule has 0 fully saturated rings. The van der Waals surface area contributed by atoms with E-state index >= 15 is 0 Å². The summed E-state index contributed by atoms with van der Waals surface area (Å²) in [5.41, 5.74) is 2.27. The molecule has 0 aliphatic carbocycles. The molecule has 111 valence electrons. The van der Waals surface area contributed by atoms with Crippen molar-refractivity contribution >= 4 is 0 Å². The number of aromatic nitrogens is 3. The zero-order chi connectivity index (χ0) is 13.7. The Hall–Kier alpha value is -3.32. The quantitative estimate of drug-likeness (QED) is 0.674. The van der Waals surface area contributed by atoms with Gasteiger partial charge in [-0.3, -0.25) is 4.98 Å². The number of pyridine rings is 1. The van der Waals surface area contributed by atoms with E-state index in [1.807, 2.05) is 19.9 Å². The molecule has 0 amide bonds. The molecule has 0 unspecified atom stereocenters. The molecule has 5 nitrogen and oxygen atoms in total. The van der Waals surface area contributed by atoms with E-state index in [-0.39, 0.29) is 6.04 Å². The SMILES string of the molecule is Cc1nc(CN[C@H](C)c2ncccn2)ccc1C#N.[Lr]. The van der Waals surface area contributed by atoms with Crippen LogP contribution in [0.2, 0.25) is 0 Å². The number of hydrogen-bond acceptors (Lipinski definition) is 5. The van der Waals surface area contributed by atoms with Crippen LogP contribution in [0.25, 0.3) is 0 Å². The van der Waals surface area contributed by atoms with Crippen molar-refractivity contribution in [2.75, 3.05) is 0 Å². The Morgan fingerprint density at radius 2 is 2.00 bits per heavy atom. The van der Waals surface area contributed by atoms with E-state index in [2.05, 4.69) is 26.3 Å². The molecule has 20 heavy (non-hydrogen) atoms. The van der Waals surface area contributed by atoms with Crippen LogP contribution in [-0.2, 0) is 6.54 Å². The largest absolute Gasteiger partial charge is 0.302 e. The maximum atomic E-state index is 8.85. The molecule has 0 spiro atoms. The zero-order valence-corrected chi connectivity index (χ0v) is 13.4. The summed E-state index contributed by atoms with van der Waals surface area (Å²) in [4.78, 5) is 12.8. The smallest absolute Gasteiger partial charge is 0.144 e. The second-order valence-corrected chi connectivity index (χ2v) is 4.26. The predicted molar refractivity (Wildman–Crippen MR) is 71.0 cm³/mol. The molecule has 2 aromatic rings. The number of nitriles is 1. The molecule has 0 aromatic carbocycles. The van der Waals surface area contributed by atoms with Crippen LogP contribution < -0.4 is 5.32 Å². The zero-order valence-electron chi connectivity index (χ0n) is 11.2. The van der Waals surface area contributed by atoms with Crippen molar-refractivity contribution in [1.82, 2.24) is 20.3 Å². The van der Waals surface area contributed by atoms with E-state index in [0.29, 0.717) is 12.1 Å². The minimum absolute atomic E-state index is 0. The molecular weight excluding hydrogens is 500 g/mol. The molecule has 6 heteroatoms. The van der Waals surface area contributed by atoms with Gasteiger partial charge in [-0.15, -0.1) is 0 Å². The van der Waals surface area contributed by atoms with Crippen molar-refractivity contribution in [3.05, 3.63) is 53.4 Å². The number of hydrogen-bond donors (Lipinski definition) is 1. The summed E-state index contributed by atoms with van der Waals surface area (Å²) in [7, 11) is 0. The van der Waals surface area contributed by atoms with Crippen LogP contribution in [0.1, 0.15) is 35.7 Å². The molecule has 2 heterocycles. The summed E-state index contributed by atoms with van der Waals surface area (Å²) >= 11 is 0. The predicted octanol–water partition coefficient (Wildman–Crippen LogP) is 1.90. The summed E-state index contributed by atoms with van der Waals surface area (Å²) in [6, 6.07) is 7.61. The Balaban J connectivity index is 0.00000200. The Morgan fingerprint density at radius 3 is 2.60 bits per heavy atom. The standard InChI is InChI=1S/C14H15N5.Lr/c1-10-12(8-15)4-5-13(19-10)9-18-11(2)14-16-6-3-7-17-14;/h3-7,11,18H,9H2,1-2H3;/t11-;/m1./s1. The van der Waals surface area contributed by atoms with Gasteiger partial charge in [0.1, 0.15) is 11.9 Å². The first-order chi connectivity index (χ1) is 9.20. The van der Waals surface area contributed by atoms with Gasteiger partial charge < -0.3 is 5.32 Å². The monoisotopic (exact) mass is 515 g/mol. The van der Waals surface area contributed by atoms with Gasteiger partial charge in [0, 0.05) is 18.9 Å². The van der Waals surface area contributed by atoms with Gasteiger partial charge in [0.15, 0.2) is 0 Å². The Bertz CT molecular complexity index is 594. The Kier molecular flexibility index (Phi) is 4.84. The van der Waals surface area contributed by atoms with Gasteiger partial charge in [-0.1, -0.05) is 0 Å². The van der Waals surface area contributed by atoms with Crippen molar-refractivity contribution in [3.8, 4) is 6.07 Å². The number of nitrogens with zero attached hydrogens (tertiary/aromatic N) is 4.